The number of nitrogen functional groups attached to an aromatic ring is 1. The molecule has 0 aliphatic rings. The van der Waals surface area contributed by atoms with Gasteiger partial charge in [-0.2, -0.15) is 0 Å². The first-order chi connectivity index (χ1) is 12.1. The van der Waals surface area contributed by atoms with E-state index >= 15 is 0 Å². The zero-order chi connectivity index (χ0) is 17.4. The third kappa shape index (κ3) is 2.94. The summed E-state index contributed by atoms with van der Waals surface area (Å²) in [7, 11) is 0. The molecule has 0 spiro atoms. The standard InChI is InChI=1S/C20H17N3OS/c1-12-7-8-14-10-15-17(21)18(25-20(15)23-16(14)9-12)19(24)22-11-13-5-3-2-4-6-13/h2-10H,11,21H2,1H3,(H,22,24). The van der Waals surface area contributed by atoms with Gasteiger partial charge in [-0.1, -0.05) is 42.5 Å². The molecule has 5 heteroatoms. The average Bonchev–Trinajstić information content (AvgIpc) is 2.95. The third-order valence-corrected chi connectivity index (χ3v) is 5.29. The fraction of sp³-hybridized carbons (Fsp3) is 0.100. The van der Waals surface area contributed by atoms with Crippen LogP contribution in [-0.4, -0.2) is 10.9 Å². The molecule has 0 saturated heterocycles. The zero-order valence-electron chi connectivity index (χ0n) is 13.7. The molecule has 1 amide bonds. The molecule has 0 unspecified atom stereocenters. The Kier molecular flexibility index (Phi) is 3.86. The molecular formula is C20H17N3OS. The first-order valence-corrected chi connectivity index (χ1v) is 8.85. The number of aromatic nitrogens is 1. The van der Waals surface area contributed by atoms with Crippen molar-refractivity contribution in [3.05, 3.63) is 70.6 Å². The van der Waals surface area contributed by atoms with Crippen LogP contribution >= 0.6 is 11.3 Å². The molecule has 0 aliphatic carbocycles. The molecular weight excluding hydrogens is 330 g/mol. The maximum Gasteiger partial charge on any atom is 0.263 e. The van der Waals surface area contributed by atoms with E-state index in [9.17, 15) is 4.79 Å². The number of amides is 1. The van der Waals surface area contributed by atoms with Gasteiger partial charge in [0.15, 0.2) is 0 Å². The maximum absolute atomic E-state index is 12.5. The van der Waals surface area contributed by atoms with Crippen molar-refractivity contribution in [1.82, 2.24) is 10.3 Å². The summed E-state index contributed by atoms with van der Waals surface area (Å²) in [4.78, 5) is 18.5. The van der Waals surface area contributed by atoms with Gasteiger partial charge in [-0.25, -0.2) is 4.98 Å². The maximum atomic E-state index is 12.5. The Bertz CT molecular complexity index is 1090. The summed E-state index contributed by atoms with van der Waals surface area (Å²) < 4.78 is 0. The predicted molar refractivity (Wildman–Crippen MR) is 104 cm³/mol. The first kappa shape index (κ1) is 15.6. The molecule has 0 fully saturated rings. The second kappa shape index (κ2) is 6.18. The summed E-state index contributed by atoms with van der Waals surface area (Å²) in [5.41, 5.74) is 9.87. The first-order valence-electron chi connectivity index (χ1n) is 8.03. The molecule has 4 nitrogen and oxygen atoms in total. The highest BCUT2D eigenvalue weighted by Gasteiger charge is 2.17. The summed E-state index contributed by atoms with van der Waals surface area (Å²) in [6, 6.07) is 17.9. The number of fused-ring (bicyclic) bond motifs is 2. The molecule has 2 aromatic carbocycles. The van der Waals surface area contributed by atoms with Crippen LogP contribution in [0.15, 0.2) is 54.6 Å². The van der Waals surface area contributed by atoms with E-state index in [4.69, 9.17) is 5.73 Å². The molecule has 4 aromatic rings. The van der Waals surface area contributed by atoms with Gasteiger partial charge in [-0.15, -0.1) is 11.3 Å². The average molecular weight is 347 g/mol. The van der Waals surface area contributed by atoms with E-state index in [2.05, 4.69) is 10.3 Å². The van der Waals surface area contributed by atoms with Crippen LogP contribution in [-0.2, 0) is 6.54 Å². The number of nitrogens with one attached hydrogen (secondary N) is 1. The molecule has 2 heterocycles. The van der Waals surface area contributed by atoms with Crippen molar-refractivity contribution in [2.75, 3.05) is 5.73 Å². The van der Waals surface area contributed by atoms with E-state index in [1.807, 2.05) is 61.5 Å². The molecule has 3 N–H and O–H groups in total. The van der Waals surface area contributed by atoms with Gasteiger partial charge in [0.05, 0.1) is 11.2 Å². The Morgan fingerprint density at radius 1 is 1.16 bits per heavy atom. The molecule has 0 saturated carbocycles. The number of carbonyl (C=O) groups is 1. The van der Waals surface area contributed by atoms with Gasteiger partial charge < -0.3 is 11.1 Å². The normalized spacial score (nSPS) is 11.1. The van der Waals surface area contributed by atoms with Gasteiger partial charge in [0, 0.05) is 17.3 Å². The number of aryl methyl sites for hydroxylation is 1. The van der Waals surface area contributed by atoms with Crippen molar-refractivity contribution in [1.29, 1.82) is 0 Å². The topological polar surface area (TPSA) is 68.0 Å². The van der Waals surface area contributed by atoms with Gasteiger partial charge >= 0.3 is 0 Å². The van der Waals surface area contributed by atoms with Crippen molar-refractivity contribution in [2.24, 2.45) is 0 Å². The Labute approximate surface area is 149 Å². The van der Waals surface area contributed by atoms with Gasteiger partial charge in [-0.3, -0.25) is 4.79 Å². The summed E-state index contributed by atoms with van der Waals surface area (Å²) in [5, 5.41) is 4.80. The van der Waals surface area contributed by atoms with Crippen molar-refractivity contribution in [3.63, 3.8) is 0 Å². The van der Waals surface area contributed by atoms with Crippen LogP contribution in [0.5, 0.6) is 0 Å². The lowest BCUT2D eigenvalue weighted by Crippen LogP contribution is -2.22. The number of thiophene rings is 1. The Balaban J connectivity index is 1.68. The second-order valence-corrected chi connectivity index (χ2v) is 7.05. The van der Waals surface area contributed by atoms with Crippen molar-refractivity contribution in [3.8, 4) is 0 Å². The summed E-state index contributed by atoms with van der Waals surface area (Å²) in [6.45, 7) is 2.51. The molecule has 0 aliphatic heterocycles. The lowest BCUT2D eigenvalue weighted by Gasteiger charge is -2.04. The number of carbonyl (C=O) groups excluding carboxylic acids is 1. The lowest BCUT2D eigenvalue weighted by atomic mass is 10.1. The van der Waals surface area contributed by atoms with Crippen LogP contribution in [0.4, 0.5) is 5.69 Å². The number of nitrogens with two attached hydrogens (primary N) is 1. The molecule has 25 heavy (non-hydrogen) atoms. The van der Waals surface area contributed by atoms with Crippen molar-refractivity contribution in [2.45, 2.75) is 13.5 Å². The highest BCUT2D eigenvalue weighted by molar-refractivity contribution is 7.21. The van der Waals surface area contributed by atoms with Crippen molar-refractivity contribution < 1.29 is 4.79 Å². The van der Waals surface area contributed by atoms with E-state index in [1.165, 1.54) is 11.3 Å². The summed E-state index contributed by atoms with van der Waals surface area (Å²) in [6.07, 6.45) is 0. The van der Waals surface area contributed by atoms with Crippen LogP contribution in [0, 0.1) is 6.92 Å². The fourth-order valence-electron chi connectivity index (χ4n) is 2.83. The minimum absolute atomic E-state index is 0.162. The van der Waals surface area contributed by atoms with E-state index in [0.717, 1.165) is 32.2 Å². The molecule has 0 radical (unpaired) electrons. The smallest absolute Gasteiger partial charge is 0.263 e. The van der Waals surface area contributed by atoms with Crippen LogP contribution in [0.2, 0.25) is 0 Å². The lowest BCUT2D eigenvalue weighted by molar-refractivity contribution is 0.0956. The monoisotopic (exact) mass is 347 g/mol. The van der Waals surface area contributed by atoms with Crippen LogP contribution in [0.3, 0.4) is 0 Å². The SMILES string of the molecule is Cc1ccc2cc3c(N)c(C(=O)NCc4ccccc4)sc3nc2c1. The molecule has 4 rings (SSSR count). The van der Waals surface area contributed by atoms with E-state index in [1.54, 1.807) is 0 Å². The number of benzene rings is 2. The minimum Gasteiger partial charge on any atom is -0.397 e. The molecule has 2 aromatic heterocycles. The highest BCUT2D eigenvalue weighted by Crippen LogP contribution is 2.34. The summed E-state index contributed by atoms with van der Waals surface area (Å²) >= 11 is 1.34. The fourth-order valence-corrected chi connectivity index (χ4v) is 3.83. The largest absolute Gasteiger partial charge is 0.397 e. The van der Waals surface area contributed by atoms with Crippen LogP contribution < -0.4 is 11.1 Å². The quantitative estimate of drug-likeness (QED) is 0.581. The summed E-state index contributed by atoms with van der Waals surface area (Å²) in [5.74, 6) is -0.162. The Morgan fingerprint density at radius 2 is 1.96 bits per heavy atom. The number of anilines is 1. The molecule has 124 valence electrons. The number of pyridine rings is 1. The zero-order valence-corrected chi connectivity index (χ0v) is 14.6. The number of rotatable bonds is 3. The van der Waals surface area contributed by atoms with E-state index in [0.29, 0.717) is 17.1 Å². The third-order valence-electron chi connectivity index (χ3n) is 4.17. The number of hydrogen-bond acceptors (Lipinski definition) is 4. The minimum atomic E-state index is -0.162. The van der Waals surface area contributed by atoms with E-state index in [-0.39, 0.29) is 5.91 Å². The Morgan fingerprint density at radius 3 is 2.76 bits per heavy atom. The molecule has 0 atom stereocenters. The molecule has 0 bridgehead atoms. The van der Waals surface area contributed by atoms with E-state index < -0.39 is 0 Å². The number of nitrogens with zero attached hydrogens (tertiary/aromatic N) is 1. The Hall–Kier alpha value is -2.92. The number of hydrogen-bond donors (Lipinski definition) is 2. The highest BCUT2D eigenvalue weighted by atomic mass is 32.1. The van der Waals surface area contributed by atoms with Gasteiger partial charge in [0.1, 0.15) is 9.71 Å². The second-order valence-electron chi connectivity index (χ2n) is 6.05. The van der Waals surface area contributed by atoms with Crippen LogP contribution in [0.1, 0.15) is 20.8 Å². The predicted octanol–water partition coefficient (Wildman–Crippen LogP) is 4.27. The van der Waals surface area contributed by atoms with Crippen LogP contribution in [0.25, 0.3) is 21.1 Å². The van der Waals surface area contributed by atoms with Gasteiger partial charge in [0.2, 0.25) is 0 Å². The van der Waals surface area contributed by atoms with Gasteiger partial charge in [0.25, 0.3) is 5.91 Å². The van der Waals surface area contributed by atoms with Gasteiger partial charge in [-0.05, 0) is 30.2 Å². The van der Waals surface area contributed by atoms with Crippen molar-refractivity contribution >= 4 is 44.1 Å².